The molecule has 4 fully saturated rings. The molecule has 0 aromatic rings. The van der Waals surface area contributed by atoms with Crippen LogP contribution in [-0.4, -0.2) is 64.2 Å². The number of hydrogen-bond donors (Lipinski definition) is 2. The summed E-state index contributed by atoms with van der Waals surface area (Å²) >= 11 is 0. The van der Waals surface area contributed by atoms with Crippen LogP contribution in [-0.2, 0) is 19.1 Å². The van der Waals surface area contributed by atoms with Gasteiger partial charge in [-0.2, -0.15) is 0 Å². The summed E-state index contributed by atoms with van der Waals surface area (Å²) in [5, 5.41) is 20.4. The second kappa shape index (κ2) is 5.89. The molecule has 2 amide bonds. The van der Waals surface area contributed by atoms with E-state index in [0.717, 1.165) is 12.8 Å². The molecule has 24 heavy (non-hydrogen) atoms. The van der Waals surface area contributed by atoms with Crippen molar-refractivity contribution in [3.63, 3.8) is 0 Å². The van der Waals surface area contributed by atoms with Crippen molar-refractivity contribution < 1.29 is 29.3 Å². The Morgan fingerprint density at radius 3 is 2.50 bits per heavy atom. The van der Waals surface area contributed by atoms with Crippen LogP contribution in [0.15, 0.2) is 0 Å². The van der Waals surface area contributed by atoms with Crippen molar-refractivity contribution in [2.45, 2.75) is 50.4 Å². The fourth-order valence-electron chi connectivity index (χ4n) is 5.08. The average molecular weight is 337 g/mol. The summed E-state index contributed by atoms with van der Waals surface area (Å²) in [5.74, 6) is -2.86. The van der Waals surface area contributed by atoms with Crippen LogP contribution in [0.5, 0.6) is 0 Å². The first-order valence-corrected chi connectivity index (χ1v) is 8.84. The molecule has 0 aromatic carbocycles. The summed E-state index contributed by atoms with van der Waals surface area (Å²) < 4.78 is 5.54. The third-order valence-electron chi connectivity index (χ3n) is 6.26. The van der Waals surface area contributed by atoms with Gasteiger partial charge in [0.15, 0.2) is 0 Å². The van der Waals surface area contributed by atoms with E-state index in [9.17, 15) is 24.6 Å². The Hall–Kier alpha value is -1.31. The number of amides is 2. The van der Waals surface area contributed by atoms with Crippen molar-refractivity contribution in [2.24, 2.45) is 23.7 Å². The van der Waals surface area contributed by atoms with E-state index < -0.39 is 35.9 Å². The molecule has 2 heterocycles. The van der Waals surface area contributed by atoms with Crippen molar-refractivity contribution >= 4 is 17.6 Å². The zero-order valence-electron chi connectivity index (χ0n) is 13.5. The number of rotatable bonds is 2. The highest BCUT2D eigenvalue weighted by molar-refractivity contribution is 6.06. The molecule has 0 radical (unpaired) electrons. The van der Waals surface area contributed by atoms with Crippen LogP contribution in [0.3, 0.4) is 0 Å². The van der Waals surface area contributed by atoms with Gasteiger partial charge in [0.2, 0.25) is 11.8 Å². The molecule has 0 aromatic heterocycles. The van der Waals surface area contributed by atoms with Crippen molar-refractivity contribution in [3.8, 4) is 0 Å². The van der Waals surface area contributed by atoms with Gasteiger partial charge in [-0.3, -0.25) is 19.3 Å². The number of imide groups is 1. The summed E-state index contributed by atoms with van der Waals surface area (Å²) in [6, 6.07) is 0. The van der Waals surface area contributed by atoms with E-state index in [0.29, 0.717) is 19.4 Å². The molecule has 7 nitrogen and oxygen atoms in total. The number of hydrogen-bond acceptors (Lipinski definition) is 6. The number of carbonyl (C=O) groups excluding carboxylic acids is 3. The average Bonchev–Trinajstić information content (AvgIpc) is 3.15. The Kier molecular flexibility index (Phi) is 3.97. The molecule has 2 saturated heterocycles. The quantitative estimate of drug-likeness (QED) is 0.658. The van der Waals surface area contributed by atoms with E-state index in [-0.39, 0.29) is 36.7 Å². The smallest absolute Gasteiger partial charge is 0.233 e. The highest BCUT2D eigenvalue weighted by Gasteiger charge is 2.60. The van der Waals surface area contributed by atoms with Gasteiger partial charge in [0.05, 0.1) is 36.7 Å². The van der Waals surface area contributed by atoms with Gasteiger partial charge >= 0.3 is 0 Å². The number of likely N-dealkylation sites (tertiary alicyclic amines) is 1. The lowest BCUT2D eigenvalue weighted by atomic mass is 9.60. The molecule has 4 rings (SSSR count). The van der Waals surface area contributed by atoms with Gasteiger partial charge in [-0.15, -0.1) is 0 Å². The fourth-order valence-corrected chi connectivity index (χ4v) is 5.08. The van der Waals surface area contributed by atoms with E-state index in [4.69, 9.17) is 4.74 Å². The number of carbonyl (C=O) groups is 3. The molecule has 7 heteroatoms. The predicted octanol–water partition coefficient (Wildman–Crippen LogP) is -0.513. The number of fused-ring (bicyclic) bond motifs is 3. The lowest BCUT2D eigenvalue weighted by Gasteiger charge is -2.44. The Balaban J connectivity index is 1.60. The monoisotopic (exact) mass is 337 g/mol. The fraction of sp³-hybridized carbons (Fsp3) is 0.824. The third kappa shape index (κ3) is 2.33. The zero-order chi connectivity index (χ0) is 17.0. The van der Waals surface area contributed by atoms with Crippen LogP contribution < -0.4 is 0 Å². The summed E-state index contributed by atoms with van der Waals surface area (Å²) in [7, 11) is 0. The normalized spacial score (nSPS) is 45.5. The Morgan fingerprint density at radius 2 is 1.79 bits per heavy atom. The van der Waals surface area contributed by atoms with Crippen LogP contribution in [0.2, 0.25) is 0 Å². The molecule has 7 atom stereocenters. The topological polar surface area (TPSA) is 104 Å². The van der Waals surface area contributed by atoms with E-state index in [2.05, 4.69) is 0 Å². The minimum atomic E-state index is -1.15. The van der Waals surface area contributed by atoms with Gasteiger partial charge < -0.3 is 14.9 Å². The molecule has 0 spiro atoms. The van der Waals surface area contributed by atoms with Gasteiger partial charge in [0, 0.05) is 24.9 Å². The lowest BCUT2D eigenvalue weighted by molar-refractivity contribution is -0.156. The number of ketones is 1. The van der Waals surface area contributed by atoms with Gasteiger partial charge in [-0.05, 0) is 25.7 Å². The van der Waals surface area contributed by atoms with Crippen molar-refractivity contribution in [1.29, 1.82) is 0 Å². The largest absolute Gasteiger partial charge is 0.390 e. The van der Waals surface area contributed by atoms with Gasteiger partial charge in [0.1, 0.15) is 5.78 Å². The molecular formula is C17H23NO6. The van der Waals surface area contributed by atoms with E-state index >= 15 is 0 Å². The summed E-state index contributed by atoms with van der Waals surface area (Å²) in [6.07, 6.45) is 0.302. The molecule has 2 saturated carbocycles. The van der Waals surface area contributed by atoms with Gasteiger partial charge in [-0.25, -0.2) is 0 Å². The molecule has 2 N–H and O–H groups in total. The highest BCUT2D eigenvalue weighted by Crippen LogP contribution is 2.49. The number of Topliss-reactive ketones (excluding diaryl/α,β-unsaturated/α-hetero) is 1. The molecule has 2 aliphatic heterocycles. The van der Waals surface area contributed by atoms with Crippen LogP contribution in [0, 0.1) is 23.7 Å². The maximum absolute atomic E-state index is 12.9. The Labute approximate surface area is 140 Å². The first-order chi connectivity index (χ1) is 11.5. The van der Waals surface area contributed by atoms with Crippen LogP contribution in [0.25, 0.3) is 0 Å². The summed E-state index contributed by atoms with van der Waals surface area (Å²) in [5.41, 5.74) is 0. The zero-order valence-corrected chi connectivity index (χ0v) is 13.5. The second-order valence-corrected chi connectivity index (χ2v) is 7.54. The molecule has 0 unspecified atom stereocenters. The van der Waals surface area contributed by atoms with Crippen LogP contribution >= 0.6 is 0 Å². The molecular weight excluding hydrogens is 314 g/mol. The highest BCUT2D eigenvalue weighted by atomic mass is 16.5. The van der Waals surface area contributed by atoms with Gasteiger partial charge in [-0.1, -0.05) is 0 Å². The van der Waals surface area contributed by atoms with Crippen LogP contribution in [0.4, 0.5) is 0 Å². The standard InChI is InChI=1S/C17H23NO6/c19-11-6-12(20)15(21)13-9(11)3-4-10-14(13)17(23)18(16(10)22)7-8-2-1-5-24-8/h8-10,12-15,20-21H,1-7H2/t8-,9-,10+,12+,13-,14+,15+/m0/s1. The third-order valence-corrected chi connectivity index (χ3v) is 6.26. The second-order valence-electron chi connectivity index (χ2n) is 7.54. The summed E-state index contributed by atoms with van der Waals surface area (Å²) in [6.45, 7) is 0.909. The van der Waals surface area contributed by atoms with Crippen molar-refractivity contribution in [1.82, 2.24) is 4.90 Å². The van der Waals surface area contributed by atoms with E-state index in [1.165, 1.54) is 4.90 Å². The Morgan fingerprint density at radius 1 is 1.04 bits per heavy atom. The predicted molar refractivity (Wildman–Crippen MR) is 80.5 cm³/mol. The molecule has 0 bridgehead atoms. The Bertz CT molecular complexity index is 571. The number of aliphatic hydroxyl groups is 2. The first kappa shape index (κ1) is 16.2. The SMILES string of the molecule is O=C1C[C@@H](O)[C@@H](O)[C@@H]2[C@@H]3C(=O)N(C[C@@H]4CCCO4)C(=O)[C@@H]3CC[C@@H]12. The number of ether oxygens (including phenoxy) is 1. The maximum atomic E-state index is 12.9. The molecule has 4 aliphatic rings. The summed E-state index contributed by atoms with van der Waals surface area (Å²) in [4.78, 5) is 39.1. The van der Waals surface area contributed by atoms with Crippen LogP contribution in [0.1, 0.15) is 32.1 Å². The van der Waals surface area contributed by atoms with Gasteiger partial charge in [0.25, 0.3) is 0 Å². The minimum Gasteiger partial charge on any atom is -0.390 e. The molecule has 132 valence electrons. The van der Waals surface area contributed by atoms with E-state index in [1.54, 1.807) is 0 Å². The molecule has 2 aliphatic carbocycles. The number of aliphatic hydroxyl groups excluding tert-OH is 2. The van der Waals surface area contributed by atoms with Crippen molar-refractivity contribution in [3.05, 3.63) is 0 Å². The first-order valence-electron chi connectivity index (χ1n) is 8.84. The maximum Gasteiger partial charge on any atom is 0.233 e. The van der Waals surface area contributed by atoms with Crippen molar-refractivity contribution in [2.75, 3.05) is 13.2 Å². The lowest BCUT2D eigenvalue weighted by Crippen LogP contribution is -2.54. The number of nitrogens with zero attached hydrogens (tertiary/aromatic N) is 1. The minimum absolute atomic E-state index is 0.0680. The van der Waals surface area contributed by atoms with E-state index in [1.807, 2.05) is 0 Å².